The number of aromatic nitrogens is 2. The molecule has 7 heteroatoms. The summed E-state index contributed by atoms with van der Waals surface area (Å²) in [6, 6.07) is 4.23. The Morgan fingerprint density at radius 1 is 1.23 bits per heavy atom. The number of fused-ring (bicyclic) bond motifs is 2. The monoisotopic (exact) mass is 409 g/mol. The SMILES string of the molecule is COc1nc2c(NC(C)CC#N)c3c(nc2cc1OCCCN1CCCC1)CCC3. The Bertz CT molecular complexity index is 934. The summed E-state index contributed by atoms with van der Waals surface area (Å²) in [4.78, 5) is 12.2. The maximum Gasteiger partial charge on any atom is 0.257 e. The lowest BCUT2D eigenvalue weighted by atomic mass is 10.1. The second-order valence-corrected chi connectivity index (χ2v) is 8.29. The fraction of sp³-hybridized carbons (Fsp3) is 0.609. The zero-order valence-electron chi connectivity index (χ0n) is 18.0. The van der Waals surface area contributed by atoms with Gasteiger partial charge >= 0.3 is 0 Å². The molecule has 0 aromatic carbocycles. The zero-order chi connectivity index (χ0) is 20.9. The Morgan fingerprint density at radius 3 is 2.83 bits per heavy atom. The predicted octanol–water partition coefficient (Wildman–Crippen LogP) is 3.71. The molecule has 7 nitrogen and oxygen atoms in total. The second kappa shape index (κ2) is 9.48. The van der Waals surface area contributed by atoms with Crippen LogP contribution in [0.3, 0.4) is 0 Å². The van der Waals surface area contributed by atoms with E-state index in [1.807, 2.05) is 13.0 Å². The summed E-state index contributed by atoms with van der Waals surface area (Å²) in [5.74, 6) is 1.13. The normalized spacial score (nSPS) is 17.0. The second-order valence-electron chi connectivity index (χ2n) is 8.29. The number of aryl methyl sites for hydroxylation is 1. The van der Waals surface area contributed by atoms with E-state index in [2.05, 4.69) is 16.3 Å². The van der Waals surface area contributed by atoms with Crippen LogP contribution in [0.2, 0.25) is 0 Å². The number of rotatable bonds is 9. The highest BCUT2D eigenvalue weighted by Crippen LogP contribution is 2.37. The minimum absolute atomic E-state index is 0.0413. The van der Waals surface area contributed by atoms with Gasteiger partial charge in [-0.1, -0.05) is 0 Å². The molecule has 2 aliphatic rings. The molecular formula is C23H31N5O2. The number of likely N-dealkylation sites (tertiary alicyclic amines) is 1. The number of hydrogen-bond acceptors (Lipinski definition) is 7. The van der Waals surface area contributed by atoms with Gasteiger partial charge in [0.25, 0.3) is 5.88 Å². The van der Waals surface area contributed by atoms with Gasteiger partial charge in [-0.05, 0) is 64.1 Å². The topological polar surface area (TPSA) is 83.3 Å². The largest absolute Gasteiger partial charge is 0.488 e. The van der Waals surface area contributed by atoms with Crippen LogP contribution >= 0.6 is 0 Å². The third-order valence-corrected chi connectivity index (χ3v) is 5.97. The number of nitrogens with one attached hydrogen (secondary N) is 1. The first kappa shape index (κ1) is 20.7. The third-order valence-electron chi connectivity index (χ3n) is 5.97. The van der Waals surface area contributed by atoms with Crippen LogP contribution in [0.1, 0.15) is 50.3 Å². The van der Waals surface area contributed by atoms with E-state index in [1.165, 1.54) is 31.5 Å². The van der Waals surface area contributed by atoms with Gasteiger partial charge in [0.1, 0.15) is 5.52 Å². The first-order valence-electron chi connectivity index (χ1n) is 11.1. The van der Waals surface area contributed by atoms with Crippen LogP contribution in [0.15, 0.2) is 6.07 Å². The van der Waals surface area contributed by atoms with Crippen molar-refractivity contribution in [3.05, 3.63) is 17.3 Å². The molecule has 0 bridgehead atoms. The number of anilines is 1. The van der Waals surface area contributed by atoms with Gasteiger partial charge in [-0.2, -0.15) is 5.26 Å². The number of hydrogen-bond donors (Lipinski definition) is 1. The number of nitriles is 1. The molecule has 1 saturated heterocycles. The fourth-order valence-electron chi connectivity index (χ4n) is 4.46. The summed E-state index contributed by atoms with van der Waals surface area (Å²) in [5.41, 5.74) is 4.95. The Kier molecular flexibility index (Phi) is 6.53. The molecule has 0 spiro atoms. The molecule has 0 saturated carbocycles. The van der Waals surface area contributed by atoms with E-state index < -0.39 is 0 Å². The van der Waals surface area contributed by atoms with Crippen LogP contribution in [-0.4, -0.2) is 54.3 Å². The van der Waals surface area contributed by atoms with Crippen molar-refractivity contribution in [1.82, 2.24) is 14.9 Å². The molecule has 0 amide bonds. The van der Waals surface area contributed by atoms with Crippen LogP contribution in [0, 0.1) is 11.3 Å². The number of nitrogens with zero attached hydrogens (tertiary/aromatic N) is 4. The number of methoxy groups -OCH3 is 1. The van der Waals surface area contributed by atoms with E-state index in [0.29, 0.717) is 24.7 Å². The molecule has 3 heterocycles. The van der Waals surface area contributed by atoms with Crippen molar-refractivity contribution in [2.45, 2.75) is 57.9 Å². The van der Waals surface area contributed by atoms with Gasteiger partial charge in [-0.15, -0.1) is 0 Å². The Morgan fingerprint density at radius 2 is 2.07 bits per heavy atom. The van der Waals surface area contributed by atoms with Crippen LogP contribution in [0.25, 0.3) is 11.0 Å². The summed E-state index contributed by atoms with van der Waals surface area (Å²) in [7, 11) is 1.62. The Hall–Kier alpha value is -2.59. The van der Waals surface area contributed by atoms with Crippen LogP contribution in [0.5, 0.6) is 11.6 Å². The van der Waals surface area contributed by atoms with Gasteiger partial charge < -0.3 is 19.7 Å². The van der Waals surface area contributed by atoms with Crippen LogP contribution in [0.4, 0.5) is 5.69 Å². The average molecular weight is 410 g/mol. The smallest absolute Gasteiger partial charge is 0.257 e. The molecule has 1 fully saturated rings. The predicted molar refractivity (Wildman–Crippen MR) is 117 cm³/mol. The van der Waals surface area contributed by atoms with Crippen molar-refractivity contribution >= 4 is 16.7 Å². The first-order chi connectivity index (χ1) is 14.7. The van der Waals surface area contributed by atoms with E-state index in [4.69, 9.17) is 24.7 Å². The van der Waals surface area contributed by atoms with Crippen LogP contribution < -0.4 is 14.8 Å². The summed E-state index contributed by atoms with van der Waals surface area (Å²) in [6.45, 7) is 6.13. The molecule has 2 aromatic rings. The van der Waals surface area contributed by atoms with Gasteiger partial charge in [0.05, 0.1) is 37.4 Å². The van der Waals surface area contributed by atoms with Crippen molar-refractivity contribution in [1.29, 1.82) is 5.26 Å². The molecule has 160 valence electrons. The van der Waals surface area contributed by atoms with Crippen molar-refractivity contribution in [2.24, 2.45) is 0 Å². The summed E-state index contributed by atoms with van der Waals surface area (Å²) >= 11 is 0. The Balaban J connectivity index is 1.58. The molecule has 4 rings (SSSR count). The van der Waals surface area contributed by atoms with Crippen molar-refractivity contribution < 1.29 is 9.47 Å². The van der Waals surface area contributed by atoms with Crippen LogP contribution in [-0.2, 0) is 12.8 Å². The van der Waals surface area contributed by atoms with Crippen molar-refractivity contribution in [3.63, 3.8) is 0 Å². The standard InChI is InChI=1S/C23H31N5O2/c1-16(9-10-24)25-21-17-7-5-8-18(17)26-19-15-20(23(29-2)27-22(19)21)30-14-6-13-28-11-3-4-12-28/h15-16H,3-9,11-14H2,1-2H3,(H,25,26). The van der Waals surface area contributed by atoms with Gasteiger partial charge in [0.15, 0.2) is 5.75 Å². The summed E-state index contributed by atoms with van der Waals surface area (Å²) in [6.07, 6.45) is 7.09. The van der Waals surface area contributed by atoms with E-state index in [-0.39, 0.29) is 6.04 Å². The average Bonchev–Trinajstić information content (AvgIpc) is 3.42. The molecule has 1 aliphatic heterocycles. The third kappa shape index (κ3) is 4.44. The lowest BCUT2D eigenvalue weighted by molar-refractivity contribution is 0.252. The van der Waals surface area contributed by atoms with Gasteiger partial charge in [0.2, 0.25) is 0 Å². The molecule has 0 radical (unpaired) electrons. The highest BCUT2D eigenvalue weighted by atomic mass is 16.5. The summed E-state index contributed by atoms with van der Waals surface area (Å²) < 4.78 is 11.6. The first-order valence-corrected chi connectivity index (χ1v) is 11.1. The minimum Gasteiger partial charge on any atom is -0.488 e. The quantitative estimate of drug-likeness (QED) is 0.632. The molecule has 2 aromatic heterocycles. The fourth-order valence-corrected chi connectivity index (χ4v) is 4.46. The van der Waals surface area contributed by atoms with E-state index in [9.17, 15) is 0 Å². The highest BCUT2D eigenvalue weighted by molar-refractivity contribution is 5.92. The van der Waals surface area contributed by atoms with Gasteiger partial charge in [0, 0.05) is 24.3 Å². The highest BCUT2D eigenvalue weighted by Gasteiger charge is 2.23. The number of ether oxygens (including phenoxy) is 2. The molecule has 1 aliphatic carbocycles. The molecule has 1 atom stereocenters. The van der Waals surface area contributed by atoms with E-state index in [1.54, 1.807) is 7.11 Å². The zero-order valence-corrected chi connectivity index (χ0v) is 18.0. The lowest BCUT2D eigenvalue weighted by Crippen LogP contribution is -2.22. The number of pyridine rings is 2. The summed E-state index contributed by atoms with van der Waals surface area (Å²) in [5, 5.41) is 12.6. The minimum atomic E-state index is 0.0413. The van der Waals surface area contributed by atoms with Gasteiger partial charge in [-0.25, -0.2) is 4.98 Å². The molecule has 1 N–H and O–H groups in total. The van der Waals surface area contributed by atoms with Crippen molar-refractivity contribution in [3.8, 4) is 17.7 Å². The van der Waals surface area contributed by atoms with E-state index >= 15 is 0 Å². The van der Waals surface area contributed by atoms with E-state index in [0.717, 1.165) is 54.6 Å². The van der Waals surface area contributed by atoms with Gasteiger partial charge in [-0.3, -0.25) is 4.98 Å². The van der Waals surface area contributed by atoms with Crippen molar-refractivity contribution in [2.75, 3.05) is 38.7 Å². The maximum atomic E-state index is 9.05. The molecule has 30 heavy (non-hydrogen) atoms. The lowest BCUT2D eigenvalue weighted by Gasteiger charge is -2.19. The molecular weight excluding hydrogens is 378 g/mol. The Labute approximate surface area is 178 Å². The molecule has 1 unspecified atom stereocenters. The maximum absolute atomic E-state index is 9.05.